The minimum Gasteiger partial charge on any atom is -0.344 e. The third-order valence-corrected chi connectivity index (χ3v) is 1.88. The first-order chi connectivity index (χ1) is 3.29. The fourth-order valence-corrected chi connectivity index (χ4v) is 1.21. The topological polar surface area (TPSA) is 29.1 Å². The average Bonchev–Trinajstić information content (AvgIpc) is 1.87. The fourth-order valence-electron chi connectivity index (χ4n) is 0.511. The van der Waals surface area contributed by atoms with Gasteiger partial charge in [-0.3, -0.25) is 4.79 Å². The van der Waals surface area contributed by atoms with Crippen LogP contribution in [-0.4, -0.2) is 17.0 Å². The van der Waals surface area contributed by atoms with Gasteiger partial charge in [-0.15, -0.1) is 11.8 Å². The zero-order valence-electron chi connectivity index (χ0n) is 4.10. The lowest BCUT2D eigenvalue weighted by atomic mass is 10.6. The van der Waals surface area contributed by atoms with E-state index in [1.165, 1.54) is 0 Å². The monoisotopic (exact) mass is 117 g/mol. The average molecular weight is 117 g/mol. The van der Waals surface area contributed by atoms with Gasteiger partial charge < -0.3 is 5.32 Å². The highest BCUT2D eigenvalue weighted by Crippen LogP contribution is 2.12. The molecular formula is C4H7NOS. The molecule has 0 spiro atoms. The smallest absolute Gasteiger partial charge is 0.230 e. The highest BCUT2D eigenvalue weighted by atomic mass is 32.2. The van der Waals surface area contributed by atoms with Gasteiger partial charge in [0.05, 0.1) is 11.1 Å². The lowest BCUT2D eigenvalue weighted by molar-refractivity contribution is -0.118. The number of nitrogens with one attached hydrogen (secondary N) is 1. The second-order valence-corrected chi connectivity index (χ2v) is 2.85. The van der Waals surface area contributed by atoms with Gasteiger partial charge in [-0.25, -0.2) is 0 Å². The van der Waals surface area contributed by atoms with Gasteiger partial charge in [0.15, 0.2) is 0 Å². The predicted octanol–water partition coefficient (Wildman–Crippen LogP) is 0.195. The van der Waals surface area contributed by atoms with Gasteiger partial charge in [-0.2, -0.15) is 0 Å². The van der Waals surface area contributed by atoms with E-state index >= 15 is 0 Å². The summed E-state index contributed by atoms with van der Waals surface area (Å²) >= 11 is 1.64. The van der Waals surface area contributed by atoms with Crippen LogP contribution in [0.25, 0.3) is 0 Å². The molecule has 1 unspecified atom stereocenters. The lowest BCUT2D eigenvalue weighted by Gasteiger charge is -1.94. The van der Waals surface area contributed by atoms with Crippen molar-refractivity contribution in [2.45, 2.75) is 12.3 Å². The van der Waals surface area contributed by atoms with E-state index in [-0.39, 0.29) is 5.91 Å². The molecule has 40 valence electrons. The van der Waals surface area contributed by atoms with Crippen molar-refractivity contribution < 1.29 is 4.79 Å². The molecule has 3 heteroatoms. The fraction of sp³-hybridized carbons (Fsp3) is 0.750. The number of hydrogen-bond donors (Lipinski definition) is 1. The van der Waals surface area contributed by atoms with Gasteiger partial charge in [-0.05, 0) is 6.92 Å². The van der Waals surface area contributed by atoms with Gasteiger partial charge in [0.25, 0.3) is 0 Å². The molecule has 0 saturated carbocycles. The first-order valence-electron chi connectivity index (χ1n) is 2.20. The Balaban J connectivity index is 2.40. The predicted molar refractivity (Wildman–Crippen MR) is 30.1 cm³/mol. The molecule has 0 aromatic rings. The van der Waals surface area contributed by atoms with Crippen LogP contribution in [0, 0.1) is 0 Å². The standard InChI is InChI=1S/C4H7NOS/c1-3-5-4(6)2-7-3/h3H,2H2,1H3,(H,5,6). The number of hydrogen-bond acceptors (Lipinski definition) is 2. The second-order valence-electron chi connectivity index (χ2n) is 1.52. The summed E-state index contributed by atoms with van der Waals surface area (Å²) < 4.78 is 0. The van der Waals surface area contributed by atoms with Gasteiger partial charge in [0.2, 0.25) is 5.91 Å². The minimum absolute atomic E-state index is 0.164. The summed E-state index contributed by atoms with van der Waals surface area (Å²) in [5, 5.41) is 3.08. The van der Waals surface area contributed by atoms with Crippen molar-refractivity contribution in [1.29, 1.82) is 0 Å². The molecule has 1 amide bonds. The molecule has 1 N–H and O–H groups in total. The molecule has 0 radical (unpaired) electrons. The number of amides is 1. The molecule has 1 aliphatic heterocycles. The number of thioether (sulfide) groups is 1. The van der Waals surface area contributed by atoms with E-state index in [2.05, 4.69) is 5.32 Å². The van der Waals surface area contributed by atoms with Crippen molar-refractivity contribution >= 4 is 17.7 Å². The molecule has 1 rings (SSSR count). The maximum absolute atomic E-state index is 10.3. The second kappa shape index (κ2) is 1.74. The van der Waals surface area contributed by atoms with Crippen molar-refractivity contribution in [1.82, 2.24) is 5.32 Å². The van der Waals surface area contributed by atoms with Crippen LogP contribution >= 0.6 is 11.8 Å². The van der Waals surface area contributed by atoms with Crippen LogP contribution < -0.4 is 5.32 Å². The summed E-state index contributed by atoms with van der Waals surface area (Å²) in [4.78, 5) is 10.3. The van der Waals surface area contributed by atoms with E-state index in [9.17, 15) is 4.79 Å². The Hall–Kier alpha value is -0.180. The molecule has 1 heterocycles. The normalized spacial score (nSPS) is 30.4. The maximum Gasteiger partial charge on any atom is 0.230 e. The summed E-state index contributed by atoms with van der Waals surface area (Å²) in [5.41, 5.74) is 0. The zero-order chi connectivity index (χ0) is 5.28. The summed E-state index contributed by atoms with van der Waals surface area (Å²) in [6, 6.07) is 0. The SMILES string of the molecule is CC1NC(=O)CS1. The van der Waals surface area contributed by atoms with E-state index in [1.54, 1.807) is 11.8 Å². The molecular weight excluding hydrogens is 110 g/mol. The van der Waals surface area contributed by atoms with Crippen LogP contribution in [0.15, 0.2) is 0 Å². The molecule has 0 aromatic heterocycles. The summed E-state index contributed by atoms with van der Waals surface area (Å²) in [7, 11) is 0. The molecule has 1 saturated heterocycles. The van der Waals surface area contributed by atoms with Gasteiger partial charge in [0.1, 0.15) is 0 Å². The van der Waals surface area contributed by atoms with Crippen molar-refractivity contribution in [3.63, 3.8) is 0 Å². The molecule has 7 heavy (non-hydrogen) atoms. The zero-order valence-corrected chi connectivity index (χ0v) is 4.92. The molecule has 0 aromatic carbocycles. The molecule has 1 atom stereocenters. The Kier molecular flexibility index (Phi) is 1.23. The van der Waals surface area contributed by atoms with Crippen molar-refractivity contribution in [3.05, 3.63) is 0 Å². The van der Waals surface area contributed by atoms with Gasteiger partial charge in [-0.1, -0.05) is 0 Å². The lowest BCUT2D eigenvalue weighted by Crippen LogP contribution is -2.21. The molecule has 0 bridgehead atoms. The highest BCUT2D eigenvalue weighted by molar-refractivity contribution is 8.00. The third kappa shape index (κ3) is 1.09. The Bertz CT molecular complexity index is 93.7. The Morgan fingerprint density at radius 3 is 2.86 bits per heavy atom. The van der Waals surface area contributed by atoms with E-state index in [4.69, 9.17) is 0 Å². The van der Waals surface area contributed by atoms with Crippen LogP contribution in [0.4, 0.5) is 0 Å². The van der Waals surface area contributed by atoms with Crippen molar-refractivity contribution in [3.8, 4) is 0 Å². The van der Waals surface area contributed by atoms with Gasteiger partial charge in [0, 0.05) is 0 Å². The molecule has 2 nitrogen and oxygen atoms in total. The number of rotatable bonds is 0. The Morgan fingerprint density at radius 2 is 2.71 bits per heavy atom. The first-order valence-corrected chi connectivity index (χ1v) is 3.25. The van der Waals surface area contributed by atoms with Crippen molar-refractivity contribution in [2.75, 3.05) is 5.75 Å². The molecule has 1 fully saturated rings. The number of carbonyl (C=O) groups is 1. The van der Waals surface area contributed by atoms with E-state index in [1.807, 2.05) is 6.92 Å². The van der Waals surface area contributed by atoms with E-state index < -0.39 is 0 Å². The van der Waals surface area contributed by atoms with Crippen molar-refractivity contribution in [2.24, 2.45) is 0 Å². The summed E-state index contributed by atoms with van der Waals surface area (Å²) in [6.45, 7) is 1.98. The summed E-state index contributed by atoms with van der Waals surface area (Å²) in [5.74, 6) is 0.804. The molecule has 1 aliphatic rings. The Labute approximate surface area is 46.7 Å². The third-order valence-electron chi connectivity index (χ3n) is 0.829. The number of carbonyl (C=O) groups excluding carboxylic acids is 1. The van der Waals surface area contributed by atoms with Crippen LogP contribution in [0.2, 0.25) is 0 Å². The summed E-state index contributed by atoms with van der Waals surface area (Å²) in [6.07, 6.45) is 0. The Morgan fingerprint density at radius 1 is 2.00 bits per heavy atom. The highest BCUT2D eigenvalue weighted by Gasteiger charge is 2.15. The van der Waals surface area contributed by atoms with E-state index in [0.29, 0.717) is 11.1 Å². The van der Waals surface area contributed by atoms with Crippen LogP contribution in [-0.2, 0) is 4.79 Å². The largest absolute Gasteiger partial charge is 0.344 e. The first kappa shape index (κ1) is 4.97. The van der Waals surface area contributed by atoms with Gasteiger partial charge >= 0.3 is 0 Å². The van der Waals surface area contributed by atoms with Crippen LogP contribution in [0.3, 0.4) is 0 Å². The minimum atomic E-state index is 0.164. The molecule has 0 aliphatic carbocycles. The quantitative estimate of drug-likeness (QED) is 0.491. The maximum atomic E-state index is 10.3. The van der Waals surface area contributed by atoms with E-state index in [0.717, 1.165) is 0 Å². The van der Waals surface area contributed by atoms with Crippen LogP contribution in [0.5, 0.6) is 0 Å². The van der Waals surface area contributed by atoms with Crippen LogP contribution in [0.1, 0.15) is 6.92 Å².